The second kappa shape index (κ2) is 8.31. The fourth-order valence-corrected chi connectivity index (χ4v) is 2.46. The predicted molar refractivity (Wildman–Crippen MR) is 96.1 cm³/mol. The van der Waals surface area contributed by atoms with E-state index in [1.54, 1.807) is 20.8 Å². The van der Waals surface area contributed by atoms with Gasteiger partial charge < -0.3 is 14.5 Å². The number of ether oxygens (including phenoxy) is 1. The average molecular weight is 363 g/mol. The number of amides is 2. The van der Waals surface area contributed by atoms with Crippen molar-refractivity contribution < 1.29 is 23.6 Å². The molecule has 0 rings (SSSR count). The van der Waals surface area contributed by atoms with Gasteiger partial charge in [-0.25, -0.2) is 9.86 Å². The van der Waals surface area contributed by atoms with Crippen LogP contribution in [-0.4, -0.2) is 57.8 Å². The minimum absolute atomic E-state index is 0.000323. The van der Waals surface area contributed by atoms with E-state index < -0.39 is 32.0 Å². The highest BCUT2D eigenvalue weighted by Gasteiger charge is 2.39. The second-order valence-corrected chi connectivity index (χ2v) is 13.1. The van der Waals surface area contributed by atoms with Crippen LogP contribution < -0.4 is 5.32 Å². The van der Waals surface area contributed by atoms with Crippen molar-refractivity contribution in [3.8, 4) is 0 Å². The van der Waals surface area contributed by atoms with Crippen LogP contribution in [0, 0.1) is 0 Å². The number of carbonyl (C=O) groups excluding carboxylic acids is 2. The van der Waals surface area contributed by atoms with E-state index in [4.69, 9.17) is 14.0 Å². The van der Waals surface area contributed by atoms with Crippen LogP contribution in [-0.2, 0) is 18.8 Å². The topological polar surface area (TPSA) is 77.1 Å². The van der Waals surface area contributed by atoms with Crippen molar-refractivity contribution in [1.29, 1.82) is 0 Å². The van der Waals surface area contributed by atoms with Gasteiger partial charge in [0.1, 0.15) is 11.6 Å². The molecule has 0 aliphatic rings. The van der Waals surface area contributed by atoms with Crippen LogP contribution >= 0.6 is 0 Å². The van der Waals surface area contributed by atoms with Gasteiger partial charge in [-0.3, -0.25) is 9.63 Å². The molecule has 0 heterocycles. The Morgan fingerprint density at radius 2 is 1.62 bits per heavy atom. The standard InChI is InChI=1S/C16H34N2O5Si/c1-15(2,3)23-14(20)17-12(13(19)18(7)21-8)11-22-24(9,10)16(4,5)6/h12H,11H2,1-10H3,(H,17,20). The highest BCUT2D eigenvalue weighted by atomic mass is 28.4. The molecule has 0 aliphatic carbocycles. The van der Waals surface area contributed by atoms with E-state index >= 15 is 0 Å². The lowest BCUT2D eigenvalue weighted by Gasteiger charge is -2.37. The highest BCUT2D eigenvalue weighted by Crippen LogP contribution is 2.36. The van der Waals surface area contributed by atoms with Gasteiger partial charge in [-0.2, -0.15) is 0 Å². The predicted octanol–water partition coefficient (Wildman–Crippen LogP) is 2.92. The van der Waals surface area contributed by atoms with Crippen molar-refractivity contribution in [3.05, 3.63) is 0 Å². The van der Waals surface area contributed by atoms with E-state index in [1.807, 2.05) is 0 Å². The first-order valence-electron chi connectivity index (χ1n) is 8.06. The summed E-state index contributed by atoms with van der Waals surface area (Å²) in [6, 6.07) is -0.876. The van der Waals surface area contributed by atoms with E-state index in [9.17, 15) is 9.59 Å². The molecule has 142 valence electrons. The molecule has 0 spiro atoms. The number of hydrogen-bond donors (Lipinski definition) is 1. The third kappa shape index (κ3) is 7.63. The summed E-state index contributed by atoms with van der Waals surface area (Å²) in [5.74, 6) is -0.401. The van der Waals surface area contributed by atoms with Gasteiger partial charge in [0.15, 0.2) is 8.32 Å². The Hall–Kier alpha value is -1.12. The van der Waals surface area contributed by atoms with Crippen molar-refractivity contribution in [1.82, 2.24) is 10.4 Å². The van der Waals surface area contributed by atoms with Crippen LogP contribution in [0.1, 0.15) is 41.5 Å². The summed E-state index contributed by atoms with van der Waals surface area (Å²) in [7, 11) is 0.811. The first-order chi connectivity index (χ1) is 10.6. The van der Waals surface area contributed by atoms with Crippen LogP contribution in [0.25, 0.3) is 0 Å². The normalized spacial score (nSPS) is 14.1. The Morgan fingerprint density at radius 3 is 2.00 bits per heavy atom. The van der Waals surface area contributed by atoms with Gasteiger partial charge in [0, 0.05) is 7.05 Å². The van der Waals surface area contributed by atoms with Gasteiger partial charge in [0.05, 0.1) is 13.7 Å². The van der Waals surface area contributed by atoms with Gasteiger partial charge in [-0.15, -0.1) is 0 Å². The summed E-state index contributed by atoms with van der Waals surface area (Å²) in [6.07, 6.45) is -0.663. The fourth-order valence-electron chi connectivity index (χ4n) is 1.44. The van der Waals surface area contributed by atoms with E-state index in [-0.39, 0.29) is 11.6 Å². The number of rotatable bonds is 6. The van der Waals surface area contributed by atoms with Crippen molar-refractivity contribution >= 4 is 20.3 Å². The number of likely N-dealkylation sites (N-methyl/N-ethyl adjacent to an activating group) is 1. The minimum atomic E-state index is -2.06. The van der Waals surface area contributed by atoms with Crippen molar-refractivity contribution in [3.63, 3.8) is 0 Å². The molecule has 1 unspecified atom stereocenters. The molecule has 24 heavy (non-hydrogen) atoms. The molecule has 0 bridgehead atoms. The maximum absolute atomic E-state index is 12.4. The Bertz CT molecular complexity index is 441. The largest absolute Gasteiger partial charge is 0.444 e. The summed E-state index contributed by atoms with van der Waals surface area (Å²) in [6.45, 7) is 15.9. The molecule has 1 N–H and O–H groups in total. The van der Waals surface area contributed by atoms with E-state index in [2.05, 4.69) is 39.2 Å². The summed E-state index contributed by atoms with van der Waals surface area (Å²) in [5, 5.41) is 3.64. The number of hydroxylamine groups is 2. The maximum atomic E-state index is 12.4. The molecule has 0 fully saturated rings. The molecule has 2 amide bonds. The van der Waals surface area contributed by atoms with Gasteiger partial charge in [-0.05, 0) is 38.9 Å². The minimum Gasteiger partial charge on any atom is -0.444 e. The molecule has 0 aromatic rings. The number of nitrogens with zero attached hydrogens (tertiary/aromatic N) is 1. The monoisotopic (exact) mass is 362 g/mol. The Labute approximate surface area is 147 Å². The third-order valence-electron chi connectivity index (χ3n) is 3.99. The Morgan fingerprint density at radius 1 is 1.12 bits per heavy atom. The van der Waals surface area contributed by atoms with Crippen LogP contribution in [0.3, 0.4) is 0 Å². The Kier molecular flexibility index (Phi) is 7.92. The summed E-state index contributed by atoms with van der Waals surface area (Å²) in [4.78, 5) is 29.3. The lowest BCUT2D eigenvalue weighted by molar-refractivity contribution is -0.171. The van der Waals surface area contributed by atoms with E-state index in [0.717, 1.165) is 5.06 Å². The maximum Gasteiger partial charge on any atom is 0.408 e. The van der Waals surface area contributed by atoms with E-state index in [1.165, 1.54) is 14.2 Å². The van der Waals surface area contributed by atoms with Gasteiger partial charge >= 0.3 is 6.09 Å². The molecule has 0 radical (unpaired) electrons. The quantitative estimate of drug-likeness (QED) is 0.581. The molecule has 0 saturated heterocycles. The number of alkyl carbamates (subject to hydrolysis) is 1. The molecule has 7 nitrogen and oxygen atoms in total. The lowest BCUT2D eigenvalue weighted by Crippen LogP contribution is -2.53. The summed E-state index contributed by atoms with van der Waals surface area (Å²) < 4.78 is 11.3. The number of hydrogen-bond acceptors (Lipinski definition) is 5. The van der Waals surface area contributed by atoms with Crippen LogP contribution in [0.5, 0.6) is 0 Å². The van der Waals surface area contributed by atoms with E-state index in [0.29, 0.717) is 0 Å². The average Bonchev–Trinajstić information content (AvgIpc) is 2.38. The molecule has 0 aromatic heterocycles. The van der Waals surface area contributed by atoms with Crippen LogP contribution in [0.15, 0.2) is 0 Å². The molecule has 0 aliphatic heterocycles. The van der Waals surface area contributed by atoms with Gasteiger partial charge in [-0.1, -0.05) is 20.8 Å². The number of carbonyl (C=O) groups is 2. The zero-order valence-electron chi connectivity index (χ0n) is 16.8. The van der Waals surface area contributed by atoms with Gasteiger partial charge in [0.25, 0.3) is 5.91 Å². The van der Waals surface area contributed by atoms with Crippen LogP contribution in [0.4, 0.5) is 4.79 Å². The van der Waals surface area contributed by atoms with Gasteiger partial charge in [0.2, 0.25) is 0 Å². The Balaban J connectivity index is 5.09. The fraction of sp³-hybridized carbons (Fsp3) is 0.875. The zero-order chi connectivity index (χ0) is 19.3. The molecule has 0 aromatic carbocycles. The highest BCUT2D eigenvalue weighted by molar-refractivity contribution is 6.74. The SMILES string of the molecule is CON(C)C(=O)C(CO[Si](C)(C)C(C)(C)C)NC(=O)OC(C)(C)C. The first kappa shape index (κ1) is 22.9. The number of nitrogens with one attached hydrogen (secondary N) is 1. The molecular formula is C16H34N2O5Si. The molecule has 0 saturated carbocycles. The summed E-state index contributed by atoms with van der Waals surface area (Å²) >= 11 is 0. The lowest BCUT2D eigenvalue weighted by atomic mass is 10.2. The molecular weight excluding hydrogens is 328 g/mol. The van der Waals surface area contributed by atoms with Crippen LogP contribution in [0.2, 0.25) is 18.1 Å². The zero-order valence-corrected chi connectivity index (χ0v) is 17.8. The first-order valence-corrected chi connectivity index (χ1v) is 11.0. The second-order valence-electron chi connectivity index (χ2n) is 8.29. The third-order valence-corrected chi connectivity index (χ3v) is 8.49. The van der Waals surface area contributed by atoms with Crippen molar-refractivity contribution in [2.24, 2.45) is 0 Å². The summed E-state index contributed by atoms with van der Waals surface area (Å²) in [5.41, 5.74) is -0.648. The van der Waals surface area contributed by atoms with Crippen molar-refractivity contribution in [2.75, 3.05) is 20.8 Å². The molecule has 1 atom stereocenters. The smallest absolute Gasteiger partial charge is 0.408 e. The van der Waals surface area contributed by atoms with Crippen molar-refractivity contribution in [2.45, 2.75) is 71.3 Å². The molecule has 8 heteroatoms.